The van der Waals surface area contributed by atoms with E-state index in [1.807, 2.05) is 13.1 Å². The molecule has 0 aromatic heterocycles. The van der Waals surface area contributed by atoms with Crippen LogP contribution in [0, 0.1) is 5.92 Å². The third-order valence-corrected chi connectivity index (χ3v) is 4.24. The van der Waals surface area contributed by atoms with E-state index in [2.05, 4.69) is 29.3 Å². The number of nitrogens with zero attached hydrogens (tertiary/aromatic N) is 1. The molecule has 0 aliphatic carbocycles. The van der Waals surface area contributed by atoms with Crippen LogP contribution in [0.5, 0.6) is 0 Å². The summed E-state index contributed by atoms with van der Waals surface area (Å²) in [4.78, 5) is 2.51. The van der Waals surface area contributed by atoms with Gasteiger partial charge in [0.1, 0.15) is 0 Å². The third kappa shape index (κ3) is 2.99. The lowest BCUT2D eigenvalue weighted by Gasteiger charge is -2.35. The van der Waals surface area contributed by atoms with Crippen LogP contribution >= 0.6 is 11.6 Å². The summed E-state index contributed by atoms with van der Waals surface area (Å²) in [6.07, 6.45) is 3.94. The molecule has 2 nitrogen and oxygen atoms in total. The van der Waals surface area contributed by atoms with Crippen molar-refractivity contribution in [3.63, 3.8) is 0 Å². The Morgan fingerprint density at radius 2 is 2.28 bits per heavy atom. The molecular formula is C15H23ClN2. The van der Waals surface area contributed by atoms with Crippen molar-refractivity contribution < 1.29 is 0 Å². The van der Waals surface area contributed by atoms with E-state index in [1.54, 1.807) is 0 Å². The summed E-state index contributed by atoms with van der Waals surface area (Å²) in [5, 5.41) is 4.09. The predicted octanol–water partition coefficient (Wildman–Crippen LogP) is 3.69. The van der Waals surface area contributed by atoms with Crippen LogP contribution in [0.4, 0.5) is 5.69 Å². The minimum absolute atomic E-state index is 0.833. The largest absolute Gasteiger partial charge is 0.371 e. The molecule has 2 rings (SSSR count). The molecule has 1 fully saturated rings. The maximum absolute atomic E-state index is 6.33. The molecule has 1 heterocycles. The van der Waals surface area contributed by atoms with E-state index >= 15 is 0 Å². The van der Waals surface area contributed by atoms with Gasteiger partial charge in [-0.25, -0.2) is 0 Å². The molecule has 18 heavy (non-hydrogen) atoms. The van der Waals surface area contributed by atoms with E-state index < -0.39 is 0 Å². The molecule has 1 aliphatic heterocycles. The fraction of sp³-hybridized carbons (Fsp3) is 0.600. The lowest BCUT2D eigenvalue weighted by Crippen LogP contribution is -2.36. The van der Waals surface area contributed by atoms with Crippen LogP contribution < -0.4 is 10.2 Å². The van der Waals surface area contributed by atoms with Crippen LogP contribution in [0.1, 0.15) is 31.7 Å². The highest BCUT2D eigenvalue weighted by molar-refractivity contribution is 6.31. The Hall–Kier alpha value is -0.730. The maximum Gasteiger partial charge on any atom is 0.0471 e. The lowest BCUT2D eigenvalue weighted by atomic mass is 9.94. The summed E-state index contributed by atoms with van der Waals surface area (Å²) in [5.74, 6) is 0.833. The zero-order chi connectivity index (χ0) is 13.0. The van der Waals surface area contributed by atoms with E-state index in [1.165, 1.54) is 37.1 Å². The molecule has 0 bridgehead atoms. The third-order valence-electron chi connectivity index (χ3n) is 3.88. The topological polar surface area (TPSA) is 15.3 Å². The maximum atomic E-state index is 6.33. The summed E-state index contributed by atoms with van der Waals surface area (Å²) in [6, 6.07) is 6.25. The van der Waals surface area contributed by atoms with Crippen LogP contribution in [0.3, 0.4) is 0 Å². The van der Waals surface area contributed by atoms with E-state index in [9.17, 15) is 0 Å². The molecule has 1 unspecified atom stereocenters. The highest BCUT2D eigenvalue weighted by atomic mass is 35.5. The molecule has 100 valence electrons. The van der Waals surface area contributed by atoms with Gasteiger partial charge in [-0.2, -0.15) is 0 Å². The van der Waals surface area contributed by atoms with Crippen molar-refractivity contribution in [1.29, 1.82) is 0 Å². The van der Waals surface area contributed by atoms with E-state index in [0.717, 1.165) is 24.0 Å². The monoisotopic (exact) mass is 266 g/mol. The average Bonchev–Trinajstić information content (AvgIpc) is 2.41. The van der Waals surface area contributed by atoms with Gasteiger partial charge in [-0.3, -0.25) is 0 Å². The highest BCUT2D eigenvalue weighted by Crippen LogP contribution is 2.31. The van der Waals surface area contributed by atoms with Gasteiger partial charge in [0.15, 0.2) is 0 Å². The van der Waals surface area contributed by atoms with Gasteiger partial charge >= 0.3 is 0 Å². The van der Waals surface area contributed by atoms with Gasteiger partial charge in [-0.05, 0) is 37.9 Å². The Labute approximate surface area is 115 Å². The van der Waals surface area contributed by atoms with Crippen molar-refractivity contribution in [3.8, 4) is 0 Å². The molecule has 1 aliphatic rings. The molecular weight excluding hydrogens is 244 g/mol. The Morgan fingerprint density at radius 3 is 3.00 bits per heavy atom. The van der Waals surface area contributed by atoms with Crippen LogP contribution in [0.25, 0.3) is 0 Å². The summed E-state index contributed by atoms with van der Waals surface area (Å²) in [7, 11) is 1.97. The molecule has 1 atom stereocenters. The first kappa shape index (κ1) is 13.7. The number of nitrogens with one attached hydrogen (secondary N) is 1. The molecule has 0 radical (unpaired) electrons. The van der Waals surface area contributed by atoms with Crippen LogP contribution in [-0.2, 0) is 6.54 Å². The Morgan fingerprint density at radius 1 is 1.44 bits per heavy atom. The van der Waals surface area contributed by atoms with Crippen LogP contribution in [-0.4, -0.2) is 20.1 Å². The van der Waals surface area contributed by atoms with Crippen LogP contribution in [0.15, 0.2) is 18.2 Å². The number of anilines is 1. The number of halogens is 1. The zero-order valence-corrected chi connectivity index (χ0v) is 12.1. The van der Waals surface area contributed by atoms with Gasteiger partial charge < -0.3 is 10.2 Å². The zero-order valence-electron chi connectivity index (χ0n) is 11.4. The van der Waals surface area contributed by atoms with Gasteiger partial charge in [0.05, 0.1) is 0 Å². The first-order valence-corrected chi connectivity index (χ1v) is 7.31. The van der Waals surface area contributed by atoms with Crippen molar-refractivity contribution in [2.75, 3.05) is 25.0 Å². The SMILES string of the molecule is CCC1CCCN(c2cccc(Cl)c2CNC)C1. The number of piperidine rings is 1. The number of rotatable bonds is 4. The van der Waals surface area contributed by atoms with Crippen molar-refractivity contribution in [3.05, 3.63) is 28.8 Å². The predicted molar refractivity (Wildman–Crippen MR) is 79.4 cm³/mol. The van der Waals surface area contributed by atoms with Crippen molar-refractivity contribution in [1.82, 2.24) is 5.32 Å². The molecule has 1 N–H and O–H groups in total. The number of hydrogen-bond donors (Lipinski definition) is 1. The molecule has 1 saturated heterocycles. The molecule has 0 spiro atoms. The Balaban J connectivity index is 2.23. The van der Waals surface area contributed by atoms with Crippen molar-refractivity contribution in [2.45, 2.75) is 32.7 Å². The second-order valence-corrected chi connectivity index (χ2v) is 5.54. The second-order valence-electron chi connectivity index (χ2n) is 5.13. The van der Waals surface area contributed by atoms with E-state index in [4.69, 9.17) is 11.6 Å². The smallest absolute Gasteiger partial charge is 0.0471 e. The quantitative estimate of drug-likeness (QED) is 0.894. The Bertz CT molecular complexity index is 392. The first-order valence-electron chi connectivity index (χ1n) is 6.93. The fourth-order valence-electron chi connectivity index (χ4n) is 2.81. The van der Waals surface area contributed by atoms with E-state index in [-0.39, 0.29) is 0 Å². The minimum atomic E-state index is 0.833. The van der Waals surface area contributed by atoms with Gasteiger partial charge in [-0.15, -0.1) is 0 Å². The first-order chi connectivity index (χ1) is 8.76. The summed E-state index contributed by atoms with van der Waals surface area (Å²) >= 11 is 6.33. The fourth-order valence-corrected chi connectivity index (χ4v) is 3.05. The van der Waals surface area contributed by atoms with Crippen molar-refractivity contribution >= 4 is 17.3 Å². The lowest BCUT2D eigenvalue weighted by molar-refractivity contribution is 0.404. The Kier molecular flexibility index (Phi) is 4.90. The van der Waals surface area contributed by atoms with Crippen molar-refractivity contribution in [2.24, 2.45) is 5.92 Å². The summed E-state index contributed by atoms with van der Waals surface area (Å²) in [5.41, 5.74) is 2.55. The van der Waals surface area contributed by atoms with Gasteiger partial charge in [0.2, 0.25) is 0 Å². The highest BCUT2D eigenvalue weighted by Gasteiger charge is 2.21. The normalized spacial score (nSPS) is 20.2. The van der Waals surface area contributed by atoms with Gasteiger partial charge in [0.25, 0.3) is 0 Å². The van der Waals surface area contributed by atoms with Gasteiger partial charge in [0, 0.05) is 35.9 Å². The molecule has 3 heteroatoms. The standard InChI is InChI=1S/C15H23ClN2/c1-3-12-6-5-9-18(11-12)15-8-4-7-14(16)13(15)10-17-2/h4,7-8,12,17H,3,5-6,9-11H2,1-2H3. The second kappa shape index (κ2) is 6.44. The molecule has 1 aromatic rings. The molecule has 1 aromatic carbocycles. The van der Waals surface area contributed by atoms with E-state index in [0.29, 0.717) is 0 Å². The summed E-state index contributed by atoms with van der Waals surface area (Å²) in [6.45, 7) is 5.46. The van der Waals surface area contributed by atoms with Gasteiger partial charge in [-0.1, -0.05) is 31.0 Å². The number of benzene rings is 1. The summed E-state index contributed by atoms with van der Waals surface area (Å²) < 4.78 is 0. The minimum Gasteiger partial charge on any atom is -0.371 e. The van der Waals surface area contributed by atoms with Crippen LogP contribution in [0.2, 0.25) is 5.02 Å². The molecule has 0 amide bonds. The average molecular weight is 267 g/mol. The number of hydrogen-bond acceptors (Lipinski definition) is 2. The molecule has 0 saturated carbocycles.